The quantitative estimate of drug-likeness (QED) is 0.832. The van der Waals surface area contributed by atoms with Gasteiger partial charge in [0.1, 0.15) is 6.61 Å². The smallest absolute Gasteiger partial charge is 0.203 e. The highest BCUT2D eigenvalue weighted by Gasteiger charge is 2.36. The lowest BCUT2D eigenvalue weighted by atomic mass is 10.00. The van der Waals surface area contributed by atoms with Crippen LogP contribution in [0, 0.1) is 0 Å². The Morgan fingerprint density at radius 3 is 2.32 bits per heavy atom. The van der Waals surface area contributed by atoms with Gasteiger partial charge in [-0.05, 0) is 24.3 Å². The van der Waals surface area contributed by atoms with Crippen LogP contribution in [0.2, 0.25) is 0 Å². The first kappa shape index (κ1) is 17.2. The lowest BCUT2D eigenvalue weighted by Crippen LogP contribution is -2.51. The van der Waals surface area contributed by atoms with Crippen LogP contribution in [0.3, 0.4) is 0 Å². The Morgan fingerprint density at radius 1 is 1.00 bits per heavy atom. The molecule has 0 radical (unpaired) electrons. The first-order chi connectivity index (χ1) is 12.2. The molecule has 0 aromatic heterocycles. The predicted octanol–water partition coefficient (Wildman–Crippen LogP) is 2.64. The fourth-order valence-electron chi connectivity index (χ4n) is 2.75. The number of benzene rings is 2. The summed E-state index contributed by atoms with van der Waals surface area (Å²) in [6.45, 7) is 1.10. The summed E-state index contributed by atoms with van der Waals surface area (Å²) in [5, 5.41) is 0. The molecule has 6 nitrogen and oxygen atoms in total. The molecule has 0 spiro atoms. The summed E-state index contributed by atoms with van der Waals surface area (Å²) in [5.74, 6) is 3.24. The first-order valence-electron chi connectivity index (χ1n) is 8.16. The van der Waals surface area contributed by atoms with E-state index in [0.717, 1.165) is 5.75 Å². The van der Waals surface area contributed by atoms with Crippen LogP contribution in [0.25, 0.3) is 0 Å². The maximum atomic E-state index is 6.13. The van der Waals surface area contributed by atoms with E-state index in [4.69, 9.17) is 29.4 Å². The summed E-state index contributed by atoms with van der Waals surface area (Å²) >= 11 is 0. The minimum absolute atomic E-state index is 0.327. The third-order valence-corrected chi connectivity index (χ3v) is 4.23. The molecule has 2 aromatic rings. The highest BCUT2D eigenvalue weighted by Crippen LogP contribution is 2.38. The Hall–Kier alpha value is -2.60. The van der Waals surface area contributed by atoms with Crippen molar-refractivity contribution in [1.29, 1.82) is 0 Å². The molecule has 2 N–H and O–H groups in total. The van der Waals surface area contributed by atoms with E-state index in [1.807, 2.05) is 42.5 Å². The van der Waals surface area contributed by atoms with Gasteiger partial charge in [-0.1, -0.05) is 18.2 Å². The van der Waals surface area contributed by atoms with Crippen molar-refractivity contribution in [3.63, 3.8) is 0 Å². The Bertz CT molecular complexity index is 698. The van der Waals surface area contributed by atoms with Gasteiger partial charge >= 0.3 is 0 Å². The molecule has 0 fully saturated rings. The van der Waals surface area contributed by atoms with Crippen LogP contribution >= 0.6 is 0 Å². The molecule has 0 bridgehead atoms. The van der Waals surface area contributed by atoms with Gasteiger partial charge in [0.25, 0.3) is 0 Å². The van der Waals surface area contributed by atoms with Gasteiger partial charge in [0, 0.05) is 13.0 Å². The highest BCUT2D eigenvalue weighted by molar-refractivity contribution is 5.51. The first-order valence-corrected chi connectivity index (χ1v) is 8.16. The zero-order chi connectivity index (χ0) is 17.7. The minimum atomic E-state index is -0.621. The third kappa shape index (κ3) is 3.58. The second-order valence-electron chi connectivity index (χ2n) is 5.81. The van der Waals surface area contributed by atoms with Crippen molar-refractivity contribution >= 4 is 0 Å². The fourth-order valence-corrected chi connectivity index (χ4v) is 2.75. The standard InChI is InChI=1S/C19H23NO5/c1-21-16-8-5-9-17(22-2)18(16)23-11-10-19(12-20)13-24-14-6-3-4-7-15(14)25-19/h3-9H,10-13,20H2,1-2H3. The van der Waals surface area contributed by atoms with E-state index in [1.54, 1.807) is 14.2 Å². The molecule has 25 heavy (non-hydrogen) atoms. The van der Waals surface area contributed by atoms with Crippen molar-refractivity contribution in [2.75, 3.05) is 34.0 Å². The van der Waals surface area contributed by atoms with Crippen LogP contribution < -0.4 is 29.4 Å². The molecule has 1 aliphatic rings. The lowest BCUT2D eigenvalue weighted by Gasteiger charge is -2.37. The average molecular weight is 345 g/mol. The summed E-state index contributed by atoms with van der Waals surface area (Å²) < 4.78 is 28.6. The number of hydrogen-bond acceptors (Lipinski definition) is 6. The Labute approximate surface area is 147 Å². The van der Waals surface area contributed by atoms with Crippen molar-refractivity contribution in [3.05, 3.63) is 42.5 Å². The topological polar surface area (TPSA) is 72.2 Å². The van der Waals surface area contributed by atoms with E-state index in [2.05, 4.69) is 0 Å². The van der Waals surface area contributed by atoms with Crippen LogP contribution in [0.15, 0.2) is 42.5 Å². The summed E-state index contributed by atoms with van der Waals surface area (Å²) in [6.07, 6.45) is 0.568. The number of rotatable bonds is 7. The van der Waals surface area contributed by atoms with Crippen molar-refractivity contribution in [3.8, 4) is 28.7 Å². The maximum absolute atomic E-state index is 6.13. The van der Waals surface area contributed by atoms with Gasteiger partial charge in [-0.2, -0.15) is 0 Å². The van der Waals surface area contributed by atoms with Crippen LogP contribution in [-0.4, -0.2) is 39.6 Å². The van der Waals surface area contributed by atoms with E-state index in [-0.39, 0.29) is 0 Å². The molecule has 0 aliphatic carbocycles. The summed E-state index contributed by atoms with van der Waals surface area (Å²) in [4.78, 5) is 0. The number of methoxy groups -OCH3 is 2. The number of ether oxygens (including phenoxy) is 5. The Kier molecular flexibility index (Phi) is 5.19. The minimum Gasteiger partial charge on any atom is -0.493 e. The molecule has 0 amide bonds. The second kappa shape index (κ2) is 7.53. The third-order valence-electron chi connectivity index (χ3n) is 4.23. The van der Waals surface area contributed by atoms with Gasteiger partial charge < -0.3 is 29.4 Å². The Balaban J connectivity index is 1.69. The van der Waals surface area contributed by atoms with E-state index in [0.29, 0.717) is 49.2 Å². The van der Waals surface area contributed by atoms with Gasteiger partial charge in [-0.15, -0.1) is 0 Å². The van der Waals surface area contributed by atoms with Crippen LogP contribution in [0.4, 0.5) is 0 Å². The molecular weight excluding hydrogens is 322 g/mol. The van der Waals surface area contributed by atoms with Crippen LogP contribution in [0.5, 0.6) is 28.7 Å². The summed E-state index contributed by atoms with van der Waals surface area (Å²) in [7, 11) is 3.19. The molecule has 134 valence electrons. The van der Waals surface area contributed by atoms with Gasteiger partial charge in [-0.3, -0.25) is 0 Å². The average Bonchev–Trinajstić information content (AvgIpc) is 2.67. The summed E-state index contributed by atoms with van der Waals surface area (Å²) in [5.41, 5.74) is 5.36. The van der Waals surface area contributed by atoms with Crippen molar-refractivity contribution in [2.45, 2.75) is 12.0 Å². The van der Waals surface area contributed by atoms with Crippen molar-refractivity contribution < 1.29 is 23.7 Å². The Morgan fingerprint density at radius 2 is 1.68 bits per heavy atom. The number of para-hydroxylation sites is 3. The molecule has 3 rings (SSSR count). The van der Waals surface area contributed by atoms with Gasteiger partial charge in [0.2, 0.25) is 5.75 Å². The normalized spacial score (nSPS) is 18.5. The lowest BCUT2D eigenvalue weighted by molar-refractivity contribution is -0.0165. The van der Waals surface area contributed by atoms with E-state index in [1.165, 1.54) is 0 Å². The number of hydrogen-bond donors (Lipinski definition) is 1. The van der Waals surface area contributed by atoms with Crippen molar-refractivity contribution in [2.24, 2.45) is 5.73 Å². The van der Waals surface area contributed by atoms with Crippen LogP contribution in [0.1, 0.15) is 6.42 Å². The van der Waals surface area contributed by atoms with E-state index >= 15 is 0 Å². The van der Waals surface area contributed by atoms with Crippen LogP contribution in [-0.2, 0) is 0 Å². The van der Waals surface area contributed by atoms with Gasteiger partial charge in [0.15, 0.2) is 28.6 Å². The van der Waals surface area contributed by atoms with E-state index in [9.17, 15) is 0 Å². The molecule has 6 heteroatoms. The molecule has 1 heterocycles. The second-order valence-corrected chi connectivity index (χ2v) is 5.81. The number of nitrogens with two attached hydrogens (primary N) is 1. The SMILES string of the molecule is COc1cccc(OC)c1OCCC1(CN)COc2ccccc2O1. The monoisotopic (exact) mass is 345 g/mol. The van der Waals surface area contributed by atoms with Crippen molar-refractivity contribution in [1.82, 2.24) is 0 Å². The molecule has 1 atom stereocenters. The predicted molar refractivity (Wildman–Crippen MR) is 94.0 cm³/mol. The molecule has 2 aromatic carbocycles. The zero-order valence-corrected chi connectivity index (χ0v) is 14.5. The molecular formula is C19H23NO5. The number of fused-ring (bicyclic) bond motifs is 1. The van der Waals surface area contributed by atoms with E-state index < -0.39 is 5.60 Å². The molecule has 1 unspecified atom stereocenters. The van der Waals surface area contributed by atoms with Gasteiger partial charge in [0.05, 0.1) is 20.8 Å². The molecule has 0 saturated heterocycles. The summed E-state index contributed by atoms with van der Waals surface area (Å²) in [6, 6.07) is 13.1. The van der Waals surface area contributed by atoms with Gasteiger partial charge in [-0.25, -0.2) is 0 Å². The largest absolute Gasteiger partial charge is 0.493 e. The highest BCUT2D eigenvalue weighted by atomic mass is 16.6. The fraction of sp³-hybridized carbons (Fsp3) is 0.368. The zero-order valence-electron chi connectivity index (χ0n) is 14.5. The molecule has 1 aliphatic heterocycles. The molecule has 0 saturated carbocycles. The maximum Gasteiger partial charge on any atom is 0.203 e.